The summed E-state index contributed by atoms with van der Waals surface area (Å²) in [6.07, 6.45) is 6.48. The Labute approximate surface area is 113 Å². The lowest BCUT2D eigenvalue weighted by molar-refractivity contribution is 0.0635. The minimum Gasteiger partial charge on any atom is -0.384 e. The number of nitrogens with zero attached hydrogens (tertiary/aromatic N) is 2. The van der Waals surface area contributed by atoms with Crippen LogP contribution in [0.3, 0.4) is 0 Å². The average Bonchev–Trinajstić information content (AvgIpc) is 2.45. The van der Waals surface area contributed by atoms with Crippen LogP contribution in [0.4, 0.5) is 0 Å². The molecule has 0 bridgehead atoms. The Morgan fingerprint density at radius 1 is 1.53 bits per heavy atom. The second kappa shape index (κ2) is 6.35. The number of rotatable bonds is 1. The van der Waals surface area contributed by atoms with Crippen LogP contribution in [0.1, 0.15) is 42.1 Å². The van der Waals surface area contributed by atoms with Gasteiger partial charge in [0.1, 0.15) is 6.61 Å². The molecule has 1 aliphatic rings. The monoisotopic (exact) mass is 258 g/mol. The van der Waals surface area contributed by atoms with E-state index >= 15 is 0 Å². The van der Waals surface area contributed by atoms with Crippen molar-refractivity contribution in [3.63, 3.8) is 0 Å². The molecule has 1 N–H and O–H groups in total. The fourth-order valence-electron chi connectivity index (χ4n) is 2.33. The average molecular weight is 258 g/mol. The molecule has 2 heterocycles. The van der Waals surface area contributed by atoms with Crippen molar-refractivity contribution in [3.8, 4) is 11.8 Å². The van der Waals surface area contributed by atoms with Crippen molar-refractivity contribution in [2.24, 2.45) is 0 Å². The van der Waals surface area contributed by atoms with E-state index in [1.165, 1.54) is 6.42 Å². The van der Waals surface area contributed by atoms with Crippen molar-refractivity contribution in [2.75, 3.05) is 13.2 Å². The number of piperidine rings is 1. The maximum absolute atomic E-state index is 12.4. The molecular formula is C15H18N2O2. The number of hydrogen-bond acceptors (Lipinski definition) is 3. The standard InChI is InChI=1S/C15H18N2O2/c1-12-5-2-3-7-17(12)15(19)14-9-13(6-4-8-18)10-16-11-14/h9-12,18H,2-3,5,7-8H2,1H3. The molecule has 0 saturated carbocycles. The van der Waals surface area contributed by atoms with E-state index in [2.05, 4.69) is 23.7 Å². The lowest BCUT2D eigenvalue weighted by atomic mass is 10.0. The van der Waals surface area contributed by atoms with E-state index < -0.39 is 0 Å². The third-order valence-corrected chi connectivity index (χ3v) is 3.36. The highest BCUT2D eigenvalue weighted by Gasteiger charge is 2.24. The molecule has 1 saturated heterocycles. The van der Waals surface area contributed by atoms with Crippen LogP contribution in [0, 0.1) is 11.8 Å². The Bertz CT molecular complexity index is 516. The van der Waals surface area contributed by atoms with Gasteiger partial charge in [0.2, 0.25) is 0 Å². The molecule has 0 aliphatic carbocycles. The van der Waals surface area contributed by atoms with Gasteiger partial charge in [-0.25, -0.2) is 0 Å². The van der Waals surface area contributed by atoms with Crippen molar-refractivity contribution in [1.29, 1.82) is 0 Å². The molecule has 4 heteroatoms. The number of amides is 1. The zero-order valence-electron chi connectivity index (χ0n) is 11.1. The topological polar surface area (TPSA) is 53.4 Å². The summed E-state index contributed by atoms with van der Waals surface area (Å²) in [6.45, 7) is 2.70. The minimum atomic E-state index is -0.193. The maximum atomic E-state index is 12.4. The first-order valence-electron chi connectivity index (χ1n) is 6.58. The molecule has 1 amide bonds. The lowest BCUT2D eigenvalue weighted by Crippen LogP contribution is -2.42. The normalized spacial score (nSPS) is 18.6. The lowest BCUT2D eigenvalue weighted by Gasteiger charge is -2.33. The van der Waals surface area contributed by atoms with Crippen molar-refractivity contribution < 1.29 is 9.90 Å². The first-order chi connectivity index (χ1) is 9.22. The predicted molar refractivity (Wildman–Crippen MR) is 72.6 cm³/mol. The van der Waals surface area contributed by atoms with Crippen LogP contribution in [0.25, 0.3) is 0 Å². The van der Waals surface area contributed by atoms with Crippen LogP contribution in [0.5, 0.6) is 0 Å². The molecule has 1 aromatic rings. The number of likely N-dealkylation sites (tertiary alicyclic amines) is 1. The van der Waals surface area contributed by atoms with Crippen molar-refractivity contribution in [3.05, 3.63) is 29.6 Å². The largest absolute Gasteiger partial charge is 0.384 e. The van der Waals surface area contributed by atoms with Crippen LogP contribution in [0.15, 0.2) is 18.5 Å². The molecule has 1 aliphatic heterocycles. The summed E-state index contributed by atoms with van der Waals surface area (Å²) in [6, 6.07) is 2.02. The Morgan fingerprint density at radius 3 is 3.11 bits per heavy atom. The predicted octanol–water partition coefficient (Wildman–Crippen LogP) is 1.44. The summed E-state index contributed by atoms with van der Waals surface area (Å²) < 4.78 is 0. The molecule has 4 nitrogen and oxygen atoms in total. The minimum absolute atomic E-state index is 0.0207. The summed E-state index contributed by atoms with van der Waals surface area (Å²) in [4.78, 5) is 18.4. The number of aliphatic hydroxyl groups is 1. The van der Waals surface area contributed by atoms with E-state index in [0.717, 1.165) is 19.4 Å². The third kappa shape index (κ3) is 3.33. The van der Waals surface area contributed by atoms with E-state index in [1.807, 2.05) is 4.90 Å². The summed E-state index contributed by atoms with van der Waals surface area (Å²) in [5, 5.41) is 8.68. The van der Waals surface area contributed by atoms with Crippen LogP contribution in [-0.4, -0.2) is 40.1 Å². The van der Waals surface area contributed by atoms with E-state index in [9.17, 15) is 4.79 Å². The van der Waals surface area contributed by atoms with Gasteiger partial charge in [0.15, 0.2) is 0 Å². The van der Waals surface area contributed by atoms with Crippen LogP contribution >= 0.6 is 0 Å². The molecule has 19 heavy (non-hydrogen) atoms. The quantitative estimate of drug-likeness (QED) is 0.775. The fraction of sp³-hybridized carbons (Fsp3) is 0.467. The van der Waals surface area contributed by atoms with Crippen LogP contribution in [0.2, 0.25) is 0 Å². The summed E-state index contributed by atoms with van der Waals surface area (Å²) in [5.41, 5.74) is 1.23. The molecule has 100 valence electrons. The summed E-state index contributed by atoms with van der Waals surface area (Å²) in [7, 11) is 0. The highest BCUT2D eigenvalue weighted by atomic mass is 16.2. The van der Waals surface area contributed by atoms with Gasteiger partial charge in [-0.15, -0.1) is 0 Å². The Hall–Kier alpha value is -1.86. The van der Waals surface area contributed by atoms with Crippen molar-refractivity contribution in [1.82, 2.24) is 9.88 Å². The first-order valence-corrected chi connectivity index (χ1v) is 6.58. The third-order valence-electron chi connectivity index (χ3n) is 3.36. The van der Waals surface area contributed by atoms with Crippen molar-refractivity contribution in [2.45, 2.75) is 32.2 Å². The van der Waals surface area contributed by atoms with Crippen molar-refractivity contribution >= 4 is 5.91 Å². The fourth-order valence-corrected chi connectivity index (χ4v) is 2.33. The van der Waals surface area contributed by atoms with Gasteiger partial charge in [-0.2, -0.15) is 0 Å². The van der Waals surface area contributed by atoms with E-state index in [4.69, 9.17) is 5.11 Å². The molecule has 1 fully saturated rings. The highest BCUT2D eigenvalue weighted by Crippen LogP contribution is 2.19. The molecular weight excluding hydrogens is 240 g/mol. The number of aromatic nitrogens is 1. The number of carbonyl (C=O) groups excluding carboxylic acids is 1. The van der Waals surface area contributed by atoms with Gasteiger partial charge in [0.25, 0.3) is 5.91 Å². The molecule has 1 unspecified atom stereocenters. The zero-order chi connectivity index (χ0) is 13.7. The van der Waals surface area contributed by atoms with Gasteiger partial charge in [0.05, 0.1) is 5.56 Å². The second-order valence-corrected chi connectivity index (χ2v) is 4.77. The van der Waals surface area contributed by atoms with Gasteiger partial charge in [-0.05, 0) is 32.3 Å². The zero-order valence-corrected chi connectivity index (χ0v) is 11.1. The molecule has 2 rings (SSSR count). The Kier molecular flexibility index (Phi) is 4.53. The first kappa shape index (κ1) is 13.6. The van der Waals surface area contributed by atoms with Gasteiger partial charge in [-0.1, -0.05) is 11.8 Å². The Morgan fingerprint density at radius 2 is 2.37 bits per heavy atom. The second-order valence-electron chi connectivity index (χ2n) is 4.77. The van der Waals surface area contributed by atoms with Gasteiger partial charge in [-0.3, -0.25) is 9.78 Å². The van der Waals surface area contributed by atoms with E-state index in [1.54, 1.807) is 18.5 Å². The number of aliphatic hydroxyl groups excluding tert-OH is 1. The van der Waals surface area contributed by atoms with Gasteiger partial charge in [0, 0.05) is 30.5 Å². The summed E-state index contributed by atoms with van der Waals surface area (Å²) in [5.74, 6) is 5.35. The van der Waals surface area contributed by atoms with Crippen LogP contribution in [-0.2, 0) is 0 Å². The number of pyridine rings is 1. The molecule has 0 spiro atoms. The molecule has 0 radical (unpaired) electrons. The molecule has 0 aromatic carbocycles. The molecule has 1 atom stereocenters. The SMILES string of the molecule is CC1CCCCN1C(=O)c1cncc(C#CCO)c1. The Balaban J connectivity index is 2.18. The van der Waals surface area contributed by atoms with Gasteiger partial charge < -0.3 is 10.0 Å². The number of hydrogen-bond donors (Lipinski definition) is 1. The summed E-state index contributed by atoms with van der Waals surface area (Å²) >= 11 is 0. The number of carbonyl (C=O) groups is 1. The van der Waals surface area contributed by atoms with Crippen LogP contribution < -0.4 is 0 Å². The van der Waals surface area contributed by atoms with Gasteiger partial charge >= 0.3 is 0 Å². The smallest absolute Gasteiger partial charge is 0.255 e. The molecule has 1 aromatic heterocycles. The highest BCUT2D eigenvalue weighted by molar-refractivity contribution is 5.94. The van der Waals surface area contributed by atoms with E-state index in [-0.39, 0.29) is 18.6 Å². The van der Waals surface area contributed by atoms with E-state index in [0.29, 0.717) is 11.1 Å². The maximum Gasteiger partial charge on any atom is 0.255 e.